The van der Waals surface area contributed by atoms with E-state index in [9.17, 15) is 8.42 Å². The molecule has 1 aliphatic heterocycles. The molecule has 1 rings (SSSR count). The molecule has 1 saturated heterocycles. The average molecular weight is 166 g/mol. The fraction of sp³-hybridized carbons (Fsp3) is 1.00. The third-order valence-corrected chi connectivity index (χ3v) is 1.57. The Hall–Kier alpha value is 1.13. The van der Waals surface area contributed by atoms with Crippen LogP contribution in [0.15, 0.2) is 0 Å². The van der Waals surface area contributed by atoms with Gasteiger partial charge in [0.05, 0.1) is 6.61 Å². The summed E-state index contributed by atoms with van der Waals surface area (Å²) in [5.41, 5.74) is -0.924. The van der Waals surface area contributed by atoms with E-state index in [0.29, 0.717) is 0 Å². The Labute approximate surface area is 79.9 Å². The van der Waals surface area contributed by atoms with E-state index >= 15 is 0 Å². The summed E-state index contributed by atoms with van der Waals surface area (Å²) in [6.45, 7) is 0.138. The van der Waals surface area contributed by atoms with Crippen LogP contribution in [0.1, 0.15) is 2.85 Å². The fourth-order valence-corrected chi connectivity index (χ4v) is 0.634. The van der Waals surface area contributed by atoms with E-state index in [-0.39, 0.29) is 47.2 Å². The van der Waals surface area contributed by atoms with Crippen LogP contribution in [-0.4, -0.2) is 62.8 Å². The summed E-state index contributed by atoms with van der Waals surface area (Å²) in [7, 11) is -3.85. The summed E-state index contributed by atoms with van der Waals surface area (Å²) in [4.78, 5) is 0. The molecule has 0 spiro atoms. The predicted octanol–water partition coefficient (Wildman–Crippen LogP) is -0.925. The zero-order valence-electron chi connectivity index (χ0n) is 6.07. The van der Waals surface area contributed by atoms with Crippen molar-refractivity contribution in [1.29, 1.82) is 0 Å². The minimum atomic E-state index is -3.85. The monoisotopic (exact) mass is 166 g/mol. The maximum absolute atomic E-state index is 9.82. The molecule has 1 N–H and O–H groups in total. The Bertz CT molecular complexity index is 164. The standard InChI is InChI=1S/C2H4O4S.Ca.2H/c3-7(4,5)2-1-6-2;;;/h2H,1H2,(H,3,4,5);;;/q;+2;2*-1. The number of hydrogen-bond donors (Lipinski definition) is 1. The fourth-order valence-electron chi connectivity index (χ4n) is 0.211. The maximum atomic E-state index is 9.82. The second kappa shape index (κ2) is 2.81. The van der Waals surface area contributed by atoms with Crippen LogP contribution in [0.4, 0.5) is 0 Å². The summed E-state index contributed by atoms with van der Waals surface area (Å²) >= 11 is 0. The van der Waals surface area contributed by atoms with Gasteiger partial charge in [-0.1, -0.05) is 0 Å². The van der Waals surface area contributed by atoms with Crippen LogP contribution in [-0.2, 0) is 14.9 Å². The topological polar surface area (TPSA) is 66.9 Å². The Kier molecular flexibility index (Phi) is 3.21. The van der Waals surface area contributed by atoms with Gasteiger partial charge in [0, 0.05) is 0 Å². The van der Waals surface area contributed by atoms with Crippen molar-refractivity contribution in [2.24, 2.45) is 0 Å². The molecular weight excluding hydrogens is 160 g/mol. The van der Waals surface area contributed by atoms with E-state index in [1.807, 2.05) is 0 Å². The molecule has 0 aliphatic carbocycles. The number of ether oxygens (including phenoxy) is 1. The van der Waals surface area contributed by atoms with Crippen LogP contribution in [0, 0.1) is 0 Å². The first-order chi connectivity index (χ1) is 3.11. The molecule has 1 fully saturated rings. The van der Waals surface area contributed by atoms with Crippen molar-refractivity contribution in [3.63, 3.8) is 0 Å². The molecule has 8 heavy (non-hydrogen) atoms. The first-order valence-electron chi connectivity index (χ1n) is 1.68. The van der Waals surface area contributed by atoms with E-state index in [2.05, 4.69) is 4.74 Å². The van der Waals surface area contributed by atoms with Crippen LogP contribution < -0.4 is 0 Å². The van der Waals surface area contributed by atoms with Crippen LogP contribution in [0.5, 0.6) is 0 Å². The molecule has 1 atom stereocenters. The second-order valence-corrected chi connectivity index (χ2v) is 2.83. The van der Waals surface area contributed by atoms with E-state index in [1.54, 1.807) is 0 Å². The molecule has 1 heterocycles. The van der Waals surface area contributed by atoms with Gasteiger partial charge >= 0.3 is 37.7 Å². The maximum Gasteiger partial charge on any atom is 2.00 e. The molecule has 4 nitrogen and oxygen atoms in total. The average Bonchev–Trinajstić information content (AvgIpc) is 1.99. The van der Waals surface area contributed by atoms with Gasteiger partial charge in [-0.05, 0) is 0 Å². The molecule has 0 aromatic carbocycles. The van der Waals surface area contributed by atoms with Gasteiger partial charge in [-0.3, -0.25) is 4.55 Å². The Balaban J connectivity index is -0.000000163. The number of rotatable bonds is 1. The first kappa shape index (κ1) is 9.13. The zero-order valence-corrected chi connectivity index (χ0v) is 7.10. The summed E-state index contributed by atoms with van der Waals surface area (Å²) in [6, 6.07) is 0. The van der Waals surface area contributed by atoms with Crippen LogP contribution in [0.25, 0.3) is 0 Å². The van der Waals surface area contributed by atoms with Crippen molar-refractivity contribution < 1.29 is 20.6 Å². The summed E-state index contributed by atoms with van der Waals surface area (Å²) < 4.78 is 31.9. The van der Waals surface area contributed by atoms with Gasteiger partial charge in [0.1, 0.15) is 0 Å². The molecule has 0 aromatic rings. The summed E-state index contributed by atoms with van der Waals surface area (Å²) in [6.07, 6.45) is 0. The minimum Gasteiger partial charge on any atom is -1.00 e. The molecule has 0 radical (unpaired) electrons. The zero-order chi connectivity index (χ0) is 5.49. The van der Waals surface area contributed by atoms with E-state index in [4.69, 9.17) is 4.55 Å². The predicted molar refractivity (Wildman–Crippen MR) is 29.3 cm³/mol. The molecule has 0 saturated carbocycles. The van der Waals surface area contributed by atoms with Crippen molar-refractivity contribution in [2.75, 3.05) is 6.61 Å². The Morgan fingerprint density at radius 1 is 1.75 bits per heavy atom. The molecule has 6 heteroatoms. The molecule has 46 valence electrons. The van der Waals surface area contributed by atoms with Crippen molar-refractivity contribution in [2.45, 2.75) is 5.44 Å². The smallest absolute Gasteiger partial charge is 1.00 e. The van der Waals surface area contributed by atoms with Gasteiger partial charge in [-0.2, -0.15) is 8.42 Å². The second-order valence-electron chi connectivity index (χ2n) is 1.28. The van der Waals surface area contributed by atoms with Crippen molar-refractivity contribution in [3.8, 4) is 0 Å². The largest absolute Gasteiger partial charge is 2.00 e. The minimum absolute atomic E-state index is 0. The van der Waals surface area contributed by atoms with E-state index in [0.717, 1.165) is 0 Å². The molecule has 0 amide bonds. The molecule has 0 bridgehead atoms. The Morgan fingerprint density at radius 2 is 2.12 bits per heavy atom. The van der Waals surface area contributed by atoms with Gasteiger partial charge in [-0.25, -0.2) is 0 Å². The van der Waals surface area contributed by atoms with Gasteiger partial charge in [0.15, 0.2) is 0 Å². The van der Waals surface area contributed by atoms with E-state index in [1.165, 1.54) is 0 Å². The van der Waals surface area contributed by atoms with Crippen molar-refractivity contribution >= 4 is 47.9 Å². The number of hydrogen-bond acceptors (Lipinski definition) is 3. The van der Waals surface area contributed by atoms with Crippen LogP contribution in [0.3, 0.4) is 0 Å². The molecule has 0 aromatic heterocycles. The number of epoxide rings is 1. The SMILES string of the molecule is O=S(=O)(O)C1CO1.[Ca+2].[H-].[H-]. The third-order valence-electron chi connectivity index (χ3n) is 0.635. The molecule has 1 unspecified atom stereocenters. The molecular formula is C2H6CaO4S. The Morgan fingerprint density at radius 3 is 2.12 bits per heavy atom. The van der Waals surface area contributed by atoms with Crippen LogP contribution >= 0.6 is 0 Å². The van der Waals surface area contributed by atoms with Gasteiger partial charge in [-0.15, -0.1) is 0 Å². The van der Waals surface area contributed by atoms with Gasteiger partial charge in [0.2, 0.25) is 5.44 Å². The quantitative estimate of drug-likeness (QED) is 0.310. The summed E-state index contributed by atoms with van der Waals surface area (Å²) in [5, 5.41) is 0. The first-order valence-corrected chi connectivity index (χ1v) is 3.19. The normalized spacial score (nSPS) is 26.4. The van der Waals surface area contributed by atoms with Gasteiger partial charge < -0.3 is 7.59 Å². The van der Waals surface area contributed by atoms with Crippen molar-refractivity contribution in [1.82, 2.24) is 0 Å². The van der Waals surface area contributed by atoms with Gasteiger partial charge in [0.25, 0.3) is 10.1 Å². The molecule has 1 aliphatic rings. The van der Waals surface area contributed by atoms with E-state index < -0.39 is 15.6 Å². The third kappa shape index (κ3) is 2.61. The van der Waals surface area contributed by atoms with Crippen LogP contribution in [0.2, 0.25) is 0 Å². The van der Waals surface area contributed by atoms with Crippen molar-refractivity contribution in [3.05, 3.63) is 0 Å². The summed E-state index contributed by atoms with van der Waals surface area (Å²) in [5.74, 6) is 0.